The van der Waals surface area contributed by atoms with Gasteiger partial charge in [0, 0.05) is 28.4 Å². The van der Waals surface area contributed by atoms with Gasteiger partial charge >= 0.3 is 0 Å². The van der Waals surface area contributed by atoms with Crippen LogP contribution in [0.2, 0.25) is 0 Å². The first-order chi connectivity index (χ1) is 10.3. The molecule has 3 rings (SSSR count). The van der Waals surface area contributed by atoms with Crippen molar-refractivity contribution >= 4 is 22.7 Å². The molecule has 3 aromatic rings. The predicted molar refractivity (Wildman–Crippen MR) is 91.2 cm³/mol. The zero-order valence-corrected chi connectivity index (χ0v) is 13.5. The molecule has 1 aromatic carbocycles. The molecule has 0 spiro atoms. The lowest BCUT2D eigenvalue weighted by molar-refractivity contribution is 0.414. The Morgan fingerprint density at radius 1 is 1.05 bits per heavy atom. The normalized spacial score (nSPS) is 10.7. The Hall–Kier alpha value is -1.62. The molecule has 0 fully saturated rings. The zero-order chi connectivity index (χ0) is 14.5. The van der Waals surface area contributed by atoms with Gasteiger partial charge in [0.05, 0.1) is 7.11 Å². The predicted octanol–water partition coefficient (Wildman–Crippen LogP) is 4.78. The summed E-state index contributed by atoms with van der Waals surface area (Å²) in [5.41, 5.74) is 2.60. The van der Waals surface area contributed by atoms with Crippen molar-refractivity contribution in [2.24, 2.45) is 0 Å². The third kappa shape index (κ3) is 3.73. The van der Waals surface area contributed by atoms with Crippen LogP contribution in [0.4, 0.5) is 0 Å². The number of benzene rings is 1. The molecule has 108 valence electrons. The van der Waals surface area contributed by atoms with Crippen molar-refractivity contribution in [3.63, 3.8) is 0 Å². The highest BCUT2D eigenvalue weighted by molar-refractivity contribution is 7.14. The molecule has 0 saturated carbocycles. The van der Waals surface area contributed by atoms with Gasteiger partial charge in [-0.25, -0.2) is 0 Å². The Morgan fingerprint density at radius 2 is 1.90 bits per heavy atom. The van der Waals surface area contributed by atoms with Crippen molar-refractivity contribution in [2.45, 2.75) is 13.1 Å². The van der Waals surface area contributed by atoms with Crippen molar-refractivity contribution < 1.29 is 4.74 Å². The molecular weight excluding hydrogens is 298 g/mol. The summed E-state index contributed by atoms with van der Waals surface area (Å²) >= 11 is 3.60. The molecule has 2 aromatic heterocycles. The average molecular weight is 315 g/mol. The number of thiophene rings is 2. The quantitative estimate of drug-likeness (QED) is 0.707. The SMILES string of the molecule is COc1ccc(CNCc2cc(-c3cccs3)cs2)cc1. The van der Waals surface area contributed by atoms with Crippen LogP contribution in [-0.4, -0.2) is 7.11 Å². The smallest absolute Gasteiger partial charge is 0.118 e. The van der Waals surface area contributed by atoms with Gasteiger partial charge in [-0.3, -0.25) is 0 Å². The highest BCUT2D eigenvalue weighted by atomic mass is 32.1. The number of ether oxygens (including phenoxy) is 1. The summed E-state index contributed by atoms with van der Waals surface area (Å²) in [6.45, 7) is 1.78. The summed E-state index contributed by atoms with van der Waals surface area (Å²) in [4.78, 5) is 2.71. The third-order valence-corrected chi connectivity index (χ3v) is 5.10. The molecule has 0 aliphatic carbocycles. The highest BCUT2D eigenvalue weighted by Crippen LogP contribution is 2.29. The molecule has 0 amide bonds. The van der Waals surface area contributed by atoms with Gasteiger partial charge in [0.2, 0.25) is 0 Å². The maximum absolute atomic E-state index is 5.16. The monoisotopic (exact) mass is 315 g/mol. The van der Waals surface area contributed by atoms with Crippen LogP contribution in [-0.2, 0) is 13.1 Å². The molecule has 0 unspecified atom stereocenters. The molecule has 0 bridgehead atoms. The molecule has 0 atom stereocenters. The fourth-order valence-corrected chi connectivity index (χ4v) is 3.76. The van der Waals surface area contributed by atoms with E-state index in [2.05, 4.69) is 46.4 Å². The molecule has 0 saturated heterocycles. The molecule has 4 heteroatoms. The first kappa shape index (κ1) is 14.3. The molecule has 2 heterocycles. The van der Waals surface area contributed by atoms with E-state index in [4.69, 9.17) is 4.74 Å². The van der Waals surface area contributed by atoms with E-state index in [9.17, 15) is 0 Å². The van der Waals surface area contributed by atoms with E-state index in [1.807, 2.05) is 23.5 Å². The summed E-state index contributed by atoms with van der Waals surface area (Å²) in [6.07, 6.45) is 0. The van der Waals surface area contributed by atoms with Gasteiger partial charge < -0.3 is 10.1 Å². The van der Waals surface area contributed by atoms with Crippen molar-refractivity contribution in [1.29, 1.82) is 0 Å². The van der Waals surface area contributed by atoms with E-state index < -0.39 is 0 Å². The second-order valence-corrected chi connectivity index (χ2v) is 6.67. The number of methoxy groups -OCH3 is 1. The van der Waals surface area contributed by atoms with E-state index in [0.29, 0.717) is 0 Å². The van der Waals surface area contributed by atoms with Crippen LogP contribution in [0, 0.1) is 0 Å². The van der Waals surface area contributed by atoms with Gasteiger partial charge in [-0.2, -0.15) is 0 Å². The Balaban J connectivity index is 1.53. The summed E-state index contributed by atoms with van der Waals surface area (Å²) in [7, 11) is 1.69. The molecule has 0 radical (unpaired) electrons. The van der Waals surface area contributed by atoms with Gasteiger partial charge in [-0.1, -0.05) is 18.2 Å². The summed E-state index contributed by atoms with van der Waals surface area (Å²) < 4.78 is 5.16. The lowest BCUT2D eigenvalue weighted by Gasteiger charge is -2.04. The Kier molecular flexibility index (Phi) is 4.70. The van der Waals surface area contributed by atoms with Gasteiger partial charge in [-0.05, 0) is 40.6 Å². The number of rotatable bonds is 6. The maximum Gasteiger partial charge on any atom is 0.118 e. The largest absolute Gasteiger partial charge is 0.497 e. The lowest BCUT2D eigenvalue weighted by Crippen LogP contribution is -2.11. The van der Waals surface area contributed by atoms with Crippen molar-refractivity contribution in [2.75, 3.05) is 7.11 Å². The average Bonchev–Trinajstić information content (AvgIpc) is 3.19. The maximum atomic E-state index is 5.16. The fraction of sp³-hybridized carbons (Fsp3) is 0.176. The van der Waals surface area contributed by atoms with Crippen LogP contribution in [0.1, 0.15) is 10.4 Å². The van der Waals surface area contributed by atoms with Crippen molar-refractivity contribution in [1.82, 2.24) is 5.32 Å². The first-order valence-electron chi connectivity index (χ1n) is 6.80. The van der Waals surface area contributed by atoms with Crippen LogP contribution >= 0.6 is 22.7 Å². The lowest BCUT2D eigenvalue weighted by atomic mass is 10.2. The first-order valence-corrected chi connectivity index (χ1v) is 8.56. The molecule has 21 heavy (non-hydrogen) atoms. The van der Waals surface area contributed by atoms with Crippen LogP contribution in [0.15, 0.2) is 53.2 Å². The number of hydrogen-bond donors (Lipinski definition) is 1. The van der Waals surface area contributed by atoms with Crippen LogP contribution in [0.3, 0.4) is 0 Å². The van der Waals surface area contributed by atoms with Crippen molar-refractivity contribution in [3.8, 4) is 16.2 Å². The minimum atomic E-state index is 0.871. The highest BCUT2D eigenvalue weighted by Gasteiger charge is 2.03. The summed E-state index contributed by atoms with van der Waals surface area (Å²) in [6, 6.07) is 14.7. The summed E-state index contributed by atoms with van der Waals surface area (Å²) in [5.74, 6) is 0.901. The third-order valence-electron chi connectivity index (χ3n) is 3.25. The second kappa shape index (κ2) is 6.89. The minimum absolute atomic E-state index is 0.871. The Morgan fingerprint density at radius 3 is 2.62 bits per heavy atom. The minimum Gasteiger partial charge on any atom is -0.497 e. The molecule has 1 N–H and O–H groups in total. The van der Waals surface area contributed by atoms with E-state index >= 15 is 0 Å². The van der Waals surface area contributed by atoms with E-state index in [1.165, 1.54) is 20.9 Å². The van der Waals surface area contributed by atoms with Crippen LogP contribution < -0.4 is 10.1 Å². The topological polar surface area (TPSA) is 21.3 Å². The molecular formula is C17H17NOS2. The Labute approximate surface area is 133 Å². The van der Waals surface area contributed by atoms with Gasteiger partial charge in [-0.15, -0.1) is 22.7 Å². The van der Waals surface area contributed by atoms with E-state index in [0.717, 1.165) is 18.8 Å². The fourth-order valence-electron chi connectivity index (χ4n) is 2.12. The molecule has 0 aliphatic rings. The molecule has 0 aliphatic heterocycles. The van der Waals surface area contributed by atoms with Gasteiger partial charge in [0.15, 0.2) is 0 Å². The summed E-state index contributed by atoms with van der Waals surface area (Å²) in [5, 5.41) is 7.84. The zero-order valence-electron chi connectivity index (χ0n) is 11.8. The number of hydrogen-bond acceptors (Lipinski definition) is 4. The van der Waals surface area contributed by atoms with Crippen molar-refractivity contribution in [3.05, 3.63) is 63.7 Å². The standard InChI is InChI=1S/C17H17NOS2/c1-19-15-6-4-13(5-7-15)10-18-11-16-9-14(12-21-16)17-3-2-8-20-17/h2-9,12,18H,10-11H2,1H3. The Bertz CT molecular complexity index is 671. The molecule has 2 nitrogen and oxygen atoms in total. The van der Waals surface area contributed by atoms with E-state index in [-0.39, 0.29) is 0 Å². The van der Waals surface area contributed by atoms with Crippen LogP contribution in [0.5, 0.6) is 5.75 Å². The second-order valence-electron chi connectivity index (χ2n) is 4.73. The van der Waals surface area contributed by atoms with E-state index in [1.54, 1.807) is 18.4 Å². The van der Waals surface area contributed by atoms with Gasteiger partial charge in [0.25, 0.3) is 0 Å². The van der Waals surface area contributed by atoms with Crippen LogP contribution in [0.25, 0.3) is 10.4 Å². The van der Waals surface area contributed by atoms with Gasteiger partial charge in [0.1, 0.15) is 5.75 Å². The number of nitrogens with one attached hydrogen (secondary N) is 1.